The van der Waals surface area contributed by atoms with Crippen LogP contribution in [0.4, 0.5) is 0 Å². The van der Waals surface area contributed by atoms with Gasteiger partial charge in [0.1, 0.15) is 0 Å². The SMILES string of the molecule is C/C=C/c1ccc2c(c1)CCC(c1ccc3cc(CC)ccc3c1)C2. The predicted molar refractivity (Wildman–Crippen MR) is 109 cm³/mol. The highest BCUT2D eigenvalue weighted by atomic mass is 14.2. The molecule has 0 heterocycles. The summed E-state index contributed by atoms with van der Waals surface area (Å²) < 4.78 is 0. The Morgan fingerprint density at radius 3 is 2.60 bits per heavy atom. The zero-order valence-electron chi connectivity index (χ0n) is 15.3. The molecule has 1 aliphatic rings. The molecule has 0 bridgehead atoms. The van der Waals surface area contributed by atoms with Crippen molar-refractivity contribution in [2.24, 2.45) is 0 Å². The van der Waals surface area contributed by atoms with Crippen LogP contribution < -0.4 is 0 Å². The Labute approximate surface area is 151 Å². The first-order chi connectivity index (χ1) is 12.3. The molecular weight excluding hydrogens is 300 g/mol. The lowest BCUT2D eigenvalue weighted by molar-refractivity contribution is 0.585. The highest BCUT2D eigenvalue weighted by Crippen LogP contribution is 2.34. The highest BCUT2D eigenvalue weighted by molar-refractivity contribution is 5.84. The van der Waals surface area contributed by atoms with Gasteiger partial charge < -0.3 is 0 Å². The van der Waals surface area contributed by atoms with Crippen molar-refractivity contribution in [3.05, 3.63) is 88.5 Å². The van der Waals surface area contributed by atoms with Crippen LogP contribution in [0.2, 0.25) is 0 Å². The van der Waals surface area contributed by atoms with Crippen molar-refractivity contribution in [3.63, 3.8) is 0 Å². The molecular formula is C25H26. The van der Waals surface area contributed by atoms with Crippen LogP contribution in [0.3, 0.4) is 0 Å². The average Bonchev–Trinajstić information content (AvgIpc) is 2.67. The molecule has 3 aromatic rings. The molecule has 3 aromatic carbocycles. The summed E-state index contributed by atoms with van der Waals surface area (Å²) >= 11 is 0. The summed E-state index contributed by atoms with van der Waals surface area (Å²) in [5, 5.41) is 2.75. The van der Waals surface area contributed by atoms with Gasteiger partial charge in [0.25, 0.3) is 0 Å². The van der Waals surface area contributed by atoms with Crippen molar-refractivity contribution in [3.8, 4) is 0 Å². The Kier molecular flexibility index (Phi) is 4.44. The van der Waals surface area contributed by atoms with E-state index in [4.69, 9.17) is 0 Å². The minimum atomic E-state index is 0.648. The topological polar surface area (TPSA) is 0 Å². The molecule has 4 rings (SSSR count). The highest BCUT2D eigenvalue weighted by Gasteiger charge is 2.20. The molecule has 1 aliphatic carbocycles. The molecule has 0 aliphatic heterocycles. The van der Waals surface area contributed by atoms with E-state index in [1.54, 1.807) is 5.56 Å². The lowest BCUT2D eigenvalue weighted by Crippen LogP contribution is -2.12. The number of benzene rings is 3. The molecule has 0 spiro atoms. The van der Waals surface area contributed by atoms with Gasteiger partial charge >= 0.3 is 0 Å². The van der Waals surface area contributed by atoms with E-state index < -0.39 is 0 Å². The maximum atomic E-state index is 2.42. The molecule has 0 saturated carbocycles. The molecule has 0 N–H and O–H groups in total. The normalized spacial score (nSPS) is 17.1. The van der Waals surface area contributed by atoms with Gasteiger partial charge in [-0.15, -0.1) is 0 Å². The summed E-state index contributed by atoms with van der Waals surface area (Å²) in [4.78, 5) is 0. The quantitative estimate of drug-likeness (QED) is 0.502. The van der Waals surface area contributed by atoms with E-state index >= 15 is 0 Å². The van der Waals surface area contributed by atoms with Crippen molar-refractivity contribution in [2.75, 3.05) is 0 Å². The van der Waals surface area contributed by atoms with E-state index in [0.717, 1.165) is 6.42 Å². The van der Waals surface area contributed by atoms with Gasteiger partial charge in [-0.1, -0.05) is 73.7 Å². The first-order valence-electron chi connectivity index (χ1n) is 9.54. The summed E-state index contributed by atoms with van der Waals surface area (Å²) in [7, 11) is 0. The van der Waals surface area contributed by atoms with Crippen LogP contribution in [0.1, 0.15) is 54.0 Å². The number of fused-ring (bicyclic) bond motifs is 2. The van der Waals surface area contributed by atoms with Gasteiger partial charge in [-0.25, -0.2) is 0 Å². The molecule has 1 unspecified atom stereocenters. The van der Waals surface area contributed by atoms with Gasteiger partial charge in [-0.05, 0) is 77.1 Å². The standard InChI is InChI=1S/C25H26/c1-3-5-19-7-9-23-17-25(13-11-21(23)15-19)24-12-10-20-14-18(4-2)6-8-22(20)16-24/h3,5-10,12,14-16,25H,4,11,13,17H2,1-2H3/b5-3+. The Morgan fingerprint density at radius 1 is 0.920 bits per heavy atom. The summed E-state index contributed by atoms with van der Waals surface area (Å²) in [5.74, 6) is 0.648. The number of hydrogen-bond donors (Lipinski definition) is 0. The fourth-order valence-electron chi connectivity index (χ4n) is 4.14. The van der Waals surface area contributed by atoms with Crippen molar-refractivity contribution in [2.45, 2.75) is 45.4 Å². The molecule has 0 fully saturated rings. The van der Waals surface area contributed by atoms with Gasteiger partial charge in [0.05, 0.1) is 0 Å². The molecule has 0 aromatic heterocycles. The van der Waals surface area contributed by atoms with Crippen molar-refractivity contribution in [1.29, 1.82) is 0 Å². The lowest BCUT2D eigenvalue weighted by Gasteiger charge is -2.25. The zero-order valence-corrected chi connectivity index (χ0v) is 15.3. The fraction of sp³-hybridized carbons (Fsp3) is 0.280. The van der Waals surface area contributed by atoms with Crippen LogP contribution in [-0.4, -0.2) is 0 Å². The van der Waals surface area contributed by atoms with Crippen LogP contribution in [0.15, 0.2) is 60.7 Å². The number of hydrogen-bond acceptors (Lipinski definition) is 0. The maximum absolute atomic E-state index is 2.42. The average molecular weight is 326 g/mol. The number of aryl methyl sites for hydroxylation is 2. The van der Waals surface area contributed by atoms with Crippen LogP contribution in [0.5, 0.6) is 0 Å². The third kappa shape index (κ3) is 3.26. The molecule has 126 valence electrons. The van der Waals surface area contributed by atoms with Gasteiger partial charge in [0.15, 0.2) is 0 Å². The largest absolute Gasteiger partial charge is 0.0871 e. The van der Waals surface area contributed by atoms with Gasteiger partial charge in [0, 0.05) is 0 Å². The molecule has 0 amide bonds. The monoisotopic (exact) mass is 326 g/mol. The third-order valence-corrected chi connectivity index (χ3v) is 5.63. The second-order valence-electron chi connectivity index (χ2n) is 7.26. The first kappa shape index (κ1) is 16.1. The van der Waals surface area contributed by atoms with E-state index in [9.17, 15) is 0 Å². The smallest absolute Gasteiger partial charge is 0.0118 e. The van der Waals surface area contributed by atoms with E-state index in [0.29, 0.717) is 5.92 Å². The Morgan fingerprint density at radius 2 is 1.76 bits per heavy atom. The summed E-state index contributed by atoms with van der Waals surface area (Å²) in [6, 6.07) is 20.9. The van der Waals surface area contributed by atoms with Gasteiger partial charge in [-0.3, -0.25) is 0 Å². The Bertz CT molecular complexity index is 930. The van der Waals surface area contributed by atoms with Crippen LogP contribution in [-0.2, 0) is 19.3 Å². The van der Waals surface area contributed by atoms with Crippen LogP contribution in [0, 0.1) is 0 Å². The maximum Gasteiger partial charge on any atom is -0.0118 e. The van der Waals surface area contributed by atoms with Crippen LogP contribution >= 0.6 is 0 Å². The number of rotatable bonds is 3. The van der Waals surface area contributed by atoms with E-state index in [2.05, 4.69) is 80.6 Å². The molecule has 0 heteroatoms. The fourth-order valence-corrected chi connectivity index (χ4v) is 4.14. The predicted octanol–water partition coefficient (Wildman–Crippen LogP) is 6.71. The lowest BCUT2D eigenvalue weighted by atomic mass is 9.79. The Hall–Kier alpha value is -2.34. The number of allylic oxidation sites excluding steroid dienone is 1. The minimum absolute atomic E-state index is 0.648. The molecule has 1 atom stereocenters. The molecule has 0 radical (unpaired) electrons. The molecule has 25 heavy (non-hydrogen) atoms. The second kappa shape index (κ2) is 6.88. The first-order valence-corrected chi connectivity index (χ1v) is 9.54. The third-order valence-electron chi connectivity index (χ3n) is 5.63. The summed E-state index contributed by atoms with van der Waals surface area (Å²) in [5.41, 5.74) is 7.33. The van der Waals surface area contributed by atoms with Crippen molar-refractivity contribution >= 4 is 16.8 Å². The van der Waals surface area contributed by atoms with E-state index in [1.807, 2.05) is 0 Å². The minimum Gasteiger partial charge on any atom is -0.0871 e. The Balaban J connectivity index is 1.61. The zero-order chi connectivity index (χ0) is 17.2. The van der Waals surface area contributed by atoms with E-state index in [-0.39, 0.29) is 0 Å². The molecule has 0 saturated heterocycles. The van der Waals surface area contributed by atoms with Crippen molar-refractivity contribution < 1.29 is 0 Å². The van der Waals surface area contributed by atoms with Gasteiger partial charge in [-0.2, -0.15) is 0 Å². The second-order valence-corrected chi connectivity index (χ2v) is 7.26. The van der Waals surface area contributed by atoms with Gasteiger partial charge in [0.2, 0.25) is 0 Å². The van der Waals surface area contributed by atoms with E-state index in [1.165, 1.54) is 52.3 Å². The summed E-state index contributed by atoms with van der Waals surface area (Å²) in [6.07, 6.45) is 9.03. The van der Waals surface area contributed by atoms with Crippen LogP contribution in [0.25, 0.3) is 16.8 Å². The molecule has 0 nitrogen and oxygen atoms in total. The summed E-state index contributed by atoms with van der Waals surface area (Å²) in [6.45, 7) is 4.30. The van der Waals surface area contributed by atoms with Crippen molar-refractivity contribution in [1.82, 2.24) is 0 Å².